The molecule has 0 saturated heterocycles. The van der Waals surface area contributed by atoms with Crippen LogP contribution < -0.4 is 10.6 Å². The molecule has 3 N–H and O–H groups in total. The fourth-order valence-corrected chi connectivity index (χ4v) is 3.11. The van der Waals surface area contributed by atoms with Gasteiger partial charge in [0.05, 0.1) is 11.4 Å². The van der Waals surface area contributed by atoms with Gasteiger partial charge in [0.2, 0.25) is 0 Å². The Labute approximate surface area is 128 Å². The molecule has 22 heavy (non-hydrogen) atoms. The van der Waals surface area contributed by atoms with Gasteiger partial charge in [0.25, 0.3) is 0 Å². The zero-order valence-electron chi connectivity index (χ0n) is 12.2. The Morgan fingerprint density at radius 2 is 1.86 bits per heavy atom. The van der Waals surface area contributed by atoms with Crippen molar-refractivity contribution in [1.29, 1.82) is 0 Å². The van der Waals surface area contributed by atoms with Gasteiger partial charge in [-0.1, -0.05) is 18.2 Å². The highest BCUT2D eigenvalue weighted by Crippen LogP contribution is 2.33. The van der Waals surface area contributed by atoms with Crippen molar-refractivity contribution in [3.8, 4) is 11.5 Å². The summed E-state index contributed by atoms with van der Waals surface area (Å²) in [5.74, 6) is 7.20. The topological polar surface area (TPSA) is 63.4 Å². The van der Waals surface area contributed by atoms with Crippen LogP contribution in [0.5, 0.6) is 11.5 Å². The second-order valence-electron chi connectivity index (χ2n) is 5.53. The van der Waals surface area contributed by atoms with Crippen molar-refractivity contribution in [2.45, 2.75) is 19.3 Å². The number of benzene rings is 2. The van der Waals surface area contributed by atoms with E-state index in [9.17, 15) is 0 Å². The van der Waals surface area contributed by atoms with Gasteiger partial charge in [-0.3, -0.25) is 0 Å². The third kappa shape index (κ3) is 2.13. The molecule has 1 heterocycles. The minimum absolute atomic E-state index is 0.843. The Bertz CT molecular complexity index is 849. The summed E-state index contributed by atoms with van der Waals surface area (Å²) in [5, 5.41) is 5.13. The van der Waals surface area contributed by atoms with Crippen molar-refractivity contribution >= 4 is 16.6 Å². The number of hydrazone groups is 1. The standard InChI is InChI=1S/C18H17N3O/c19-21-17-8-4-7-14-15-11-13(9-10-16(15)20-18(14)17)22-12-5-2-1-3-6-12/h1-3,5-6,9-11,20H,4,7-8,19H2/b21-17+. The zero-order valence-corrected chi connectivity index (χ0v) is 12.2. The lowest BCUT2D eigenvalue weighted by Gasteiger charge is -2.13. The van der Waals surface area contributed by atoms with E-state index < -0.39 is 0 Å². The van der Waals surface area contributed by atoms with Crippen molar-refractivity contribution in [1.82, 2.24) is 4.98 Å². The van der Waals surface area contributed by atoms with Gasteiger partial charge in [0.1, 0.15) is 11.5 Å². The highest BCUT2D eigenvalue weighted by atomic mass is 16.5. The minimum atomic E-state index is 0.843. The summed E-state index contributed by atoms with van der Waals surface area (Å²) in [6.07, 6.45) is 3.06. The molecule has 1 aliphatic rings. The molecule has 0 radical (unpaired) electrons. The summed E-state index contributed by atoms with van der Waals surface area (Å²) in [4.78, 5) is 3.44. The number of aryl methyl sites for hydroxylation is 1. The lowest BCUT2D eigenvalue weighted by molar-refractivity contribution is 0.483. The predicted octanol–water partition coefficient (Wildman–Crippen LogP) is 3.96. The Morgan fingerprint density at radius 3 is 2.68 bits per heavy atom. The first kappa shape index (κ1) is 13.0. The van der Waals surface area contributed by atoms with Crippen LogP contribution in [0, 0.1) is 0 Å². The fraction of sp³-hybridized carbons (Fsp3) is 0.167. The predicted molar refractivity (Wildman–Crippen MR) is 88.5 cm³/mol. The summed E-state index contributed by atoms with van der Waals surface area (Å²) < 4.78 is 5.93. The number of fused-ring (bicyclic) bond motifs is 3. The molecule has 1 aromatic heterocycles. The molecule has 0 saturated carbocycles. The number of nitrogens with two attached hydrogens (primary N) is 1. The molecule has 4 heteroatoms. The van der Waals surface area contributed by atoms with Crippen LogP contribution >= 0.6 is 0 Å². The molecule has 2 aromatic carbocycles. The van der Waals surface area contributed by atoms with Crippen molar-refractivity contribution < 1.29 is 4.74 Å². The number of hydrogen-bond acceptors (Lipinski definition) is 3. The fourth-order valence-electron chi connectivity index (χ4n) is 3.11. The van der Waals surface area contributed by atoms with Gasteiger partial charge in [0.15, 0.2) is 0 Å². The first-order valence-corrected chi connectivity index (χ1v) is 7.50. The summed E-state index contributed by atoms with van der Waals surface area (Å²) >= 11 is 0. The normalized spacial score (nSPS) is 15.9. The number of hydrogen-bond donors (Lipinski definition) is 2. The van der Waals surface area contributed by atoms with E-state index in [0.717, 1.165) is 47.7 Å². The van der Waals surface area contributed by atoms with Crippen LogP contribution in [0.15, 0.2) is 53.6 Å². The van der Waals surface area contributed by atoms with E-state index in [0.29, 0.717) is 0 Å². The van der Waals surface area contributed by atoms with E-state index >= 15 is 0 Å². The molecule has 0 aliphatic heterocycles. The molecular weight excluding hydrogens is 274 g/mol. The molecule has 0 bridgehead atoms. The lowest BCUT2D eigenvalue weighted by Crippen LogP contribution is -2.12. The maximum absolute atomic E-state index is 5.93. The van der Waals surface area contributed by atoms with E-state index in [1.165, 1.54) is 10.9 Å². The number of nitrogens with one attached hydrogen (secondary N) is 1. The third-order valence-electron chi connectivity index (χ3n) is 4.14. The van der Waals surface area contributed by atoms with Crippen molar-refractivity contribution in [3.05, 3.63) is 59.8 Å². The van der Waals surface area contributed by atoms with Gasteiger partial charge in [-0.2, -0.15) is 5.10 Å². The van der Waals surface area contributed by atoms with Gasteiger partial charge in [-0.05, 0) is 55.2 Å². The molecule has 4 nitrogen and oxygen atoms in total. The number of rotatable bonds is 2. The van der Waals surface area contributed by atoms with E-state index in [2.05, 4.69) is 22.2 Å². The SMILES string of the molecule is N/N=C1\CCCc2c1[nH]c1ccc(Oc3ccccc3)cc21. The zero-order chi connectivity index (χ0) is 14.9. The number of ether oxygens (including phenoxy) is 1. The number of aromatic nitrogens is 1. The first-order valence-electron chi connectivity index (χ1n) is 7.50. The molecule has 0 unspecified atom stereocenters. The molecular formula is C18H17N3O. The maximum atomic E-state index is 5.93. The first-order chi connectivity index (χ1) is 10.8. The summed E-state index contributed by atoms with van der Waals surface area (Å²) in [5.41, 5.74) is 4.45. The van der Waals surface area contributed by atoms with Crippen LogP contribution in [-0.4, -0.2) is 10.7 Å². The quantitative estimate of drug-likeness (QED) is 0.554. The molecule has 0 spiro atoms. The van der Waals surface area contributed by atoms with Gasteiger partial charge in [0, 0.05) is 10.9 Å². The van der Waals surface area contributed by atoms with Gasteiger partial charge in [-0.15, -0.1) is 0 Å². The van der Waals surface area contributed by atoms with E-state index in [4.69, 9.17) is 10.6 Å². The van der Waals surface area contributed by atoms with Crippen LogP contribution in [0.4, 0.5) is 0 Å². The molecule has 0 atom stereocenters. The average molecular weight is 291 g/mol. The second kappa shape index (κ2) is 5.22. The van der Waals surface area contributed by atoms with Gasteiger partial charge < -0.3 is 15.6 Å². The number of H-pyrrole nitrogens is 1. The van der Waals surface area contributed by atoms with Crippen LogP contribution in [0.1, 0.15) is 24.1 Å². The Kier molecular flexibility index (Phi) is 3.07. The molecule has 0 amide bonds. The van der Waals surface area contributed by atoms with Crippen LogP contribution in [0.2, 0.25) is 0 Å². The van der Waals surface area contributed by atoms with E-state index in [1.54, 1.807) is 0 Å². The van der Waals surface area contributed by atoms with Crippen molar-refractivity contribution in [3.63, 3.8) is 0 Å². The molecule has 3 aromatic rings. The van der Waals surface area contributed by atoms with Crippen LogP contribution in [0.25, 0.3) is 10.9 Å². The molecule has 110 valence electrons. The van der Waals surface area contributed by atoms with Crippen molar-refractivity contribution in [2.24, 2.45) is 10.9 Å². The highest BCUT2D eigenvalue weighted by molar-refractivity contribution is 6.06. The largest absolute Gasteiger partial charge is 0.457 e. The molecule has 4 rings (SSSR count). The molecule has 1 aliphatic carbocycles. The summed E-state index contributed by atoms with van der Waals surface area (Å²) in [7, 11) is 0. The van der Waals surface area contributed by atoms with E-state index in [1.807, 2.05) is 36.4 Å². The number of para-hydroxylation sites is 1. The Balaban J connectivity index is 1.78. The lowest BCUT2D eigenvalue weighted by atomic mass is 9.94. The molecule has 0 fully saturated rings. The van der Waals surface area contributed by atoms with Crippen LogP contribution in [0.3, 0.4) is 0 Å². The Morgan fingerprint density at radius 1 is 1.00 bits per heavy atom. The number of nitrogens with zero attached hydrogens (tertiary/aromatic N) is 1. The van der Waals surface area contributed by atoms with Gasteiger partial charge >= 0.3 is 0 Å². The second-order valence-corrected chi connectivity index (χ2v) is 5.53. The average Bonchev–Trinajstić information content (AvgIpc) is 2.94. The Hall–Kier alpha value is -2.75. The monoisotopic (exact) mass is 291 g/mol. The van der Waals surface area contributed by atoms with Crippen LogP contribution in [-0.2, 0) is 6.42 Å². The van der Waals surface area contributed by atoms with Gasteiger partial charge in [-0.25, -0.2) is 0 Å². The van der Waals surface area contributed by atoms with E-state index in [-0.39, 0.29) is 0 Å². The highest BCUT2D eigenvalue weighted by Gasteiger charge is 2.20. The number of aromatic amines is 1. The smallest absolute Gasteiger partial charge is 0.128 e. The maximum Gasteiger partial charge on any atom is 0.128 e. The van der Waals surface area contributed by atoms with Crippen molar-refractivity contribution in [2.75, 3.05) is 0 Å². The minimum Gasteiger partial charge on any atom is -0.457 e. The summed E-state index contributed by atoms with van der Waals surface area (Å²) in [6, 6.07) is 16.0. The summed E-state index contributed by atoms with van der Waals surface area (Å²) in [6.45, 7) is 0. The third-order valence-corrected chi connectivity index (χ3v) is 4.14.